The van der Waals surface area contributed by atoms with Gasteiger partial charge in [-0.15, -0.1) is 0 Å². The van der Waals surface area contributed by atoms with Gasteiger partial charge >= 0.3 is 0 Å². The molecule has 3 aromatic rings. The molecule has 3 aromatic carbocycles. The average Bonchev–Trinajstić information content (AvgIpc) is 2.60. The smallest absolute Gasteiger partial charge is 0.165 e. The quantitative estimate of drug-likeness (QED) is 0.686. The van der Waals surface area contributed by atoms with Crippen LogP contribution in [0.15, 0.2) is 48.5 Å². The van der Waals surface area contributed by atoms with E-state index in [0.717, 1.165) is 16.3 Å². The van der Waals surface area contributed by atoms with Gasteiger partial charge in [0, 0.05) is 17.2 Å². The van der Waals surface area contributed by atoms with Crippen LogP contribution in [0, 0.1) is 0 Å². The molecule has 1 unspecified atom stereocenters. The minimum absolute atomic E-state index is 0.516. The summed E-state index contributed by atoms with van der Waals surface area (Å²) in [5, 5.41) is 13.0. The first kappa shape index (κ1) is 12.8. The highest BCUT2D eigenvalue weighted by Crippen LogP contribution is 2.49. The molecule has 0 aliphatic carbocycles. The van der Waals surface area contributed by atoms with Crippen LogP contribution in [-0.4, -0.2) is 18.3 Å². The number of rotatable bonds is 0. The SMILES string of the molecule is OC1c2cc3c(cc2Oc2ccc4ccccc4c21)OCCO3. The predicted molar refractivity (Wildman–Crippen MR) is 85.5 cm³/mol. The zero-order chi connectivity index (χ0) is 15.4. The summed E-state index contributed by atoms with van der Waals surface area (Å²) in [6.07, 6.45) is -0.754. The molecule has 0 saturated heterocycles. The Balaban J connectivity index is 1.73. The monoisotopic (exact) mass is 306 g/mol. The highest BCUT2D eigenvalue weighted by Gasteiger charge is 2.30. The van der Waals surface area contributed by atoms with E-state index >= 15 is 0 Å². The molecule has 1 atom stereocenters. The second-order valence-electron chi connectivity index (χ2n) is 5.74. The zero-order valence-electron chi connectivity index (χ0n) is 12.3. The highest BCUT2D eigenvalue weighted by atomic mass is 16.6. The Morgan fingerprint density at radius 1 is 0.826 bits per heavy atom. The van der Waals surface area contributed by atoms with Gasteiger partial charge in [-0.1, -0.05) is 30.3 Å². The van der Waals surface area contributed by atoms with Crippen molar-refractivity contribution in [1.29, 1.82) is 0 Å². The number of fused-ring (bicyclic) bond motifs is 5. The van der Waals surface area contributed by atoms with Gasteiger partial charge in [-0.2, -0.15) is 0 Å². The fourth-order valence-electron chi connectivity index (χ4n) is 3.31. The molecule has 0 spiro atoms. The van der Waals surface area contributed by atoms with Crippen LogP contribution < -0.4 is 14.2 Å². The molecule has 0 fully saturated rings. The van der Waals surface area contributed by atoms with Crippen molar-refractivity contribution in [3.05, 3.63) is 59.7 Å². The van der Waals surface area contributed by atoms with Gasteiger partial charge in [-0.25, -0.2) is 0 Å². The van der Waals surface area contributed by atoms with E-state index in [4.69, 9.17) is 14.2 Å². The lowest BCUT2D eigenvalue weighted by Crippen LogP contribution is -2.17. The van der Waals surface area contributed by atoms with Crippen molar-refractivity contribution < 1.29 is 19.3 Å². The van der Waals surface area contributed by atoms with Crippen LogP contribution >= 0.6 is 0 Å². The lowest BCUT2D eigenvalue weighted by atomic mass is 9.92. The Hall–Kier alpha value is -2.72. The molecule has 5 rings (SSSR count). The van der Waals surface area contributed by atoms with E-state index in [0.29, 0.717) is 41.8 Å². The molecule has 0 bridgehead atoms. The molecule has 23 heavy (non-hydrogen) atoms. The van der Waals surface area contributed by atoms with Crippen molar-refractivity contribution in [2.45, 2.75) is 6.10 Å². The zero-order valence-corrected chi connectivity index (χ0v) is 12.3. The summed E-state index contributed by atoms with van der Waals surface area (Å²) in [5.41, 5.74) is 1.50. The molecule has 114 valence electrons. The van der Waals surface area contributed by atoms with Crippen molar-refractivity contribution in [2.75, 3.05) is 13.2 Å². The summed E-state index contributed by atoms with van der Waals surface area (Å²) < 4.78 is 17.2. The average molecular weight is 306 g/mol. The van der Waals surface area contributed by atoms with E-state index in [1.807, 2.05) is 42.5 Å². The molecule has 1 N–H and O–H groups in total. The molecule has 0 aromatic heterocycles. The van der Waals surface area contributed by atoms with Crippen molar-refractivity contribution in [2.24, 2.45) is 0 Å². The predicted octanol–water partition coefficient (Wildman–Crippen LogP) is 3.80. The van der Waals surface area contributed by atoms with Gasteiger partial charge in [0.05, 0.1) is 0 Å². The molecule has 0 saturated carbocycles. The lowest BCUT2D eigenvalue weighted by molar-refractivity contribution is 0.167. The molecule has 0 amide bonds. The summed E-state index contributed by atoms with van der Waals surface area (Å²) in [5.74, 6) is 2.61. The maximum absolute atomic E-state index is 10.9. The van der Waals surface area contributed by atoms with Crippen molar-refractivity contribution in [3.8, 4) is 23.0 Å². The summed E-state index contributed by atoms with van der Waals surface area (Å²) in [6.45, 7) is 1.04. The Morgan fingerprint density at radius 3 is 2.48 bits per heavy atom. The second-order valence-corrected chi connectivity index (χ2v) is 5.74. The molecule has 4 nitrogen and oxygen atoms in total. The molecular weight excluding hydrogens is 292 g/mol. The van der Waals surface area contributed by atoms with Crippen LogP contribution in [0.5, 0.6) is 23.0 Å². The minimum Gasteiger partial charge on any atom is -0.486 e. The molecule has 2 heterocycles. The van der Waals surface area contributed by atoms with Crippen molar-refractivity contribution in [3.63, 3.8) is 0 Å². The third-order valence-electron chi connectivity index (χ3n) is 4.39. The van der Waals surface area contributed by atoms with Crippen LogP contribution in [0.1, 0.15) is 17.2 Å². The first-order valence-corrected chi connectivity index (χ1v) is 7.62. The van der Waals surface area contributed by atoms with Gasteiger partial charge in [0.1, 0.15) is 30.8 Å². The van der Waals surface area contributed by atoms with Crippen LogP contribution in [0.2, 0.25) is 0 Å². The van der Waals surface area contributed by atoms with Crippen LogP contribution in [-0.2, 0) is 0 Å². The lowest BCUT2D eigenvalue weighted by Gasteiger charge is -2.28. The largest absolute Gasteiger partial charge is 0.486 e. The fraction of sp³-hybridized carbons (Fsp3) is 0.158. The van der Waals surface area contributed by atoms with Gasteiger partial charge in [-0.05, 0) is 22.9 Å². The van der Waals surface area contributed by atoms with Crippen molar-refractivity contribution in [1.82, 2.24) is 0 Å². The number of ether oxygens (including phenoxy) is 3. The van der Waals surface area contributed by atoms with Gasteiger partial charge in [0.15, 0.2) is 11.5 Å². The van der Waals surface area contributed by atoms with Crippen LogP contribution in [0.4, 0.5) is 0 Å². The summed E-state index contributed by atoms with van der Waals surface area (Å²) in [6, 6.07) is 15.5. The van der Waals surface area contributed by atoms with E-state index < -0.39 is 6.10 Å². The topological polar surface area (TPSA) is 47.9 Å². The second kappa shape index (κ2) is 4.64. The molecule has 0 radical (unpaired) electrons. The number of benzene rings is 3. The number of aliphatic hydroxyl groups is 1. The Labute approximate surface area is 132 Å². The third-order valence-corrected chi connectivity index (χ3v) is 4.39. The van der Waals surface area contributed by atoms with Crippen molar-refractivity contribution >= 4 is 10.8 Å². The first-order valence-electron chi connectivity index (χ1n) is 7.62. The Kier molecular flexibility index (Phi) is 2.58. The standard InChI is InChI=1S/C19H14O4/c20-19-13-9-16-17(22-8-7-21-16)10-15(13)23-14-6-5-11-3-1-2-4-12(11)18(14)19/h1-6,9-10,19-20H,7-8H2. The van der Waals surface area contributed by atoms with Gasteiger partial charge in [-0.3, -0.25) is 0 Å². The third kappa shape index (κ3) is 1.82. The Bertz CT molecular complexity index is 932. The van der Waals surface area contributed by atoms with Crippen LogP contribution in [0.3, 0.4) is 0 Å². The van der Waals surface area contributed by atoms with Gasteiger partial charge < -0.3 is 19.3 Å². The van der Waals surface area contributed by atoms with Gasteiger partial charge in [0.2, 0.25) is 0 Å². The number of aliphatic hydroxyl groups excluding tert-OH is 1. The molecule has 4 heteroatoms. The molecular formula is C19H14O4. The first-order chi connectivity index (χ1) is 11.3. The number of hydrogen-bond donors (Lipinski definition) is 1. The van der Waals surface area contributed by atoms with E-state index in [9.17, 15) is 5.11 Å². The maximum Gasteiger partial charge on any atom is 0.165 e. The van der Waals surface area contributed by atoms with E-state index in [2.05, 4.69) is 0 Å². The normalized spacial score (nSPS) is 18.0. The molecule has 2 aliphatic rings. The van der Waals surface area contributed by atoms with E-state index in [1.165, 1.54) is 0 Å². The van der Waals surface area contributed by atoms with Gasteiger partial charge in [0.25, 0.3) is 0 Å². The summed E-state index contributed by atoms with van der Waals surface area (Å²) >= 11 is 0. The summed E-state index contributed by atoms with van der Waals surface area (Å²) in [4.78, 5) is 0. The number of hydrogen-bond acceptors (Lipinski definition) is 4. The summed E-state index contributed by atoms with van der Waals surface area (Å²) in [7, 11) is 0. The Morgan fingerprint density at radius 2 is 1.61 bits per heavy atom. The van der Waals surface area contributed by atoms with E-state index in [1.54, 1.807) is 6.07 Å². The minimum atomic E-state index is -0.754. The van der Waals surface area contributed by atoms with Crippen LogP contribution in [0.25, 0.3) is 10.8 Å². The fourth-order valence-corrected chi connectivity index (χ4v) is 3.31. The van der Waals surface area contributed by atoms with E-state index in [-0.39, 0.29) is 0 Å². The molecule has 2 aliphatic heterocycles. The highest BCUT2D eigenvalue weighted by molar-refractivity contribution is 5.89. The maximum atomic E-state index is 10.9.